The number of nitrogens with zero attached hydrogens (tertiary/aromatic N) is 1. The molecule has 1 aliphatic rings. The molecule has 2 N–H and O–H groups in total. The van der Waals surface area contributed by atoms with E-state index < -0.39 is 0 Å². The minimum Gasteiger partial charge on any atom is -0.330 e. The van der Waals surface area contributed by atoms with Crippen molar-refractivity contribution < 1.29 is 0 Å². The quantitative estimate of drug-likeness (QED) is 0.900. The van der Waals surface area contributed by atoms with Crippen LogP contribution in [-0.4, -0.2) is 11.5 Å². The fourth-order valence-corrected chi connectivity index (χ4v) is 3.46. The van der Waals surface area contributed by atoms with Crippen molar-refractivity contribution in [3.8, 4) is 0 Å². The number of pyridine rings is 1. The summed E-state index contributed by atoms with van der Waals surface area (Å²) in [6.45, 7) is 0.839. The number of fused-ring (bicyclic) bond motifs is 1. The van der Waals surface area contributed by atoms with Crippen LogP contribution >= 0.6 is 0 Å². The van der Waals surface area contributed by atoms with E-state index >= 15 is 0 Å². The zero-order valence-corrected chi connectivity index (χ0v) is 12.1. The third kappa shape index (κ3) is 3.01. The van der Waals surface area contributed by atoms with Crippen molar-refractivity contribution in [1.82, 2.24) is 4.98 Å². The molecule has 0 spiro atoms. The molecule has 1 aromatic heterocycles. The molecule has 0 atom stereocenters. The van der Waals surface area contributed by atoms with E-state index in [9.17, 15) is 0 Å². The van der Waals surface area contributed by atoms with Crippen LogP contribution in [0.5, 0.6) is 0 Å². The summed E-state index contributed by atoms with van der Waals surface area (Å²) in [6.07, 6.45) is 7.78. The van der Waals surface area contributed by atoms with E-state index in [1.165, 1.54) is 49.6 Å². The van der Waals surface area contributed by atoms with Gasteiger partial charge in [-0.1, -0.05) is 24.3 Å². The molecule has 0 aliphatic heterocycles. The van der Waals surface area contributed by atoms with Crippen LogP contribution in [0.1, 0.15) is 50.1 Å². The second kappa shape index (κ2) is 6.36. The zero-order chi connectivity index (χ0) is 13.8. The van der Waals surface area contributed by atoms with E-state index in [1.54, 1.807) is 0 Å². The normalized spacial score (nSPS) is 23.1. The number of aromatic nitrogens is 1. The molecule has 0 amide bonds. The summed E-state index contributed by atoms with van der Waals surface area (Å²) in [5, 5.41) is 1.24. The van der Waals surface area contributed by atoms with Crippen LogP contribution < -0.4 is 5.73 Å². The van der Waals surface area contributed by atoms with Crippen molar-refractivity contribution in [2.75, 3.05) is 6.54 Å². The van der Waals surface area contributed by atoms with Gasteiger partial charge in [-0.15, -0.1) is 0 Å². The van der Waals surface area contributed by atoms with E-state index in [4.69, 9.17) is 10.7 Å². The second-order valence-corrected chi connectivity index (χ2v) is 6.08. The van der Waals surface area contributed by atoms with Gasteiger partial charge in [-0.05, 0) is 63.1 Å². The Morgan fingerprint density at radius 3 is 2.60 bits per heavy atom. The predicted octanol–water partition coefficient (Wildman–Crippen LogP) is 4.25. The van der Waals surface area contributed by atoms with E-state index in [0.717, 1.165) is 18.0 Å². The van der Waals surface area contributed by atoms with E-state index in [0.29, 0.717) is 5.92 Å². The molecule has 1 fully saturated rings. The Kier molecular flexibility index (Phi) is 4.31. The summed E-state index contributed by atoms with van der Waals surface area (Å²) < 4.78 is 0. The lowest BCUT2D eigenvalue weighted by Crippen LogP contribution is -2.15. The Hall–Kier alpha value is -1.41. The zero-order valence-electron chi connectivity index (χ0n) is 12.1. The first-order valence-electron chi connectivity index (χ1n) is 7.92. The molecule has 0 unspecified atom stereocenters. The first-order valence-corrected chi connectivity index (χ1v) is 7.92. The highest BCUT2D eigenvalue weighted by Gasteiger charge is 2.22. The summed E-state index contributed by atoms with van der Waals surface area (Å²) in [4.78, 5) is 4.87. The Bertz CT molecular complexity index is 556. The highest BCUT2D eigenvalue weighted by molar-refractivity contribution is 5.78. The Balaban J connectivity index is 1.67. The summed E-state index contributed by atoms with van der Waals surface area (Å²) in [7, 11) is 0. The van der Waals surface area contributed by atoms with Crippen LogP contribution in [0.15, 0.2) is 36.4 Å². The lowest BCUT2D eigenvalue weighted by Gasteiger charge is -2.28. The molecule has 1 aliphatic carbocycles. The average Bonchev–Trinajstić information content (AvgIpc) is 2.53. The Labute approximate surface area is 121 Å². The van der Waals surface area contributed by atoms with Crippen molar-refractivity contribution in [2.45, 2.75) is 44.4 Å². The lowest BCUT2D eigenvalue weighted by molar-refractivity contribution is 0.304. The molecule has 3 rings (SSSR count). The molecule has 20 heavy (non-hydrogen) atoms. The number of benzene rings is 1. The molecule has 0 radical (unpaired) electrons. The maximum Gasteiger partial charge on any atom is 0.0705 e. The minimum atomic E-state index is 0.661. The van der Waals surface area contributed by atoms with E-state index in [1.807, 2.05) is 0 Å². The largest absolute Gasteiger partial charge is 0.330 e. The Morgan fingerprint density at radius 2 is 1.80 bits per heavy atom. The molecular weight excluding hydrogens is 244 g/mol. The molecule has 1 heterocycles. The van der Waals surface area contributed by atoms with E-state index in [2.05, 4.69) is 36.4 Å². The molecule has 0 bridgehead atoms. The maximum absolute atomic E-state index is 5.61. The van der Waals surface area contributed by atoms with Crippen LogP contribution in [0, 0.1) is 5.92 Å². The SMILES string of the molecule is NCCCC1CCC(c2ccc3ccccc3n2)CC1. The van der Waals surface area contributed by atoms with Gasteiger partial charge in [0.1, 0.15) is 0 Å². The van der Waals surface area contributed by atoms with Gasteiger partial charge in [0.2, 0.25) is 0 Å². The van der Waals surface area contributed by atoms with Gasteiger partial charge in [0, 0.05) is 17.0 Å². The Morgan fingerprint density at radius 1 is 1.00 bits per heavy atom. The second-order valence-electron chi connectivity index (χ2n) is 6.08. The summed E-state index contributed by atoms with van der Waals surface area (Å²) in [5.74, 6) is 1.56. The van der Waals surface area contributed by atoms with Crippen LogP contribution in [0.3, 0.4) is 0 Å². The third-order valence-corrected chi connectivity index (χ3v) is 4.70. The molecule has 1 aromatic carbocycles. The van der Waals surface area contributed by atoms with Crippen molar-refractivity contribution in [3.05, 3.63) is 42.1 Å². The third-order valence-electron chi connectivity index (χ3n) is 4.70. The monoisotopic (exact) mass is 268 g/mol. The van der Waals surface area contributed by atoms with Gasteiger partial charge in [-0.3, -0.25) is 4.98 Å². The van der Waals surface area contributed by atoms with Crippen molar-refractivity contribution in [2.24, 2.45) is 11.7 Å². The lowest BCUT2D eigenvalue weighted by atomic mass is 9.78. The molecule has 0 saturated heterocycles. The van der Waals surface area contributed by atoms with Gasteiger partial charge in [0.15, 0.2) is 0 Å². The van der Waals surface area contributed by atoms with Gasteiger partial charge in [0.25, 0.3) is 0 Å². The number of hydrogen-bond acceptors (Lipinski definition) is 2. The van der Waals surface area contributed by atoms with Gasteiger partial charge in [-0.2, -0.15) is 0 Å². The smallest absolute Gasteiger partial charge is 0.0705 e. The van der Waals surface area contributed by atoms with E-state index in [-0.39, 0.29) is 0 Å². The maximum atomic E-state index is 5.61. The van der Waals surface area contributed by atoms with Gasteiger partial charge >= 0.3 is 0 Å². The summed E-state index contributed by atoms with van der Waals surface area (Å²) in [6, 6.07) is 12.8. The predicted molar refractivity (Wildman–Crippen MR) is 84.7 cm³/mol. The standard InChI is InChI=1S/C18H24N2/c19-13-3-4-14-7-9-16(10-8-14)18-12-11-15-5-1-2-6-17(15)20-18/h1-2,5-6,11-12,14,16H,3-4,7-10,13,19H2. The van der Waals surface area contributed by atoms with Gasteiger partial charge in [-0.25, -0.2) is 0 Å². The minimum absolute atomic E-state index is 0.661. The fraction of sp³-hybridized carbons (Fsp3) is 0.500. The van der Waals surface area contributed by atoms with Gasteiger partial charge in [0.05, 0.1) is 5.52 Å². The van der Waals surface area contributed by atoms with Crippen molar-refractivity contribution >= 4 is 10.9 Å². The van der Waals surface area contributed by atoms with Crippen molar-refractivity contribution in [3.63, 3.8) is 0 Å². The fourth-order valence-electron chi connectivity index (χ4n) is 3.46. The average molecular weight is 268 g/mol. The number of para-hydroxylation sites is 1. The number of hydrogen-bond donors (Lipinski definition) is 1. The summed E-state index contributed by atoms with van der Waals surface area (Å²) >= 11 is 0. The van der Waals surface area contributed by atoms with Crippen LogP contribution in [0.4, 0.5) is 0 Å². The first kappa shape index (κ1) is 13.6. The molecular formula is C18H24N2. The van der Waals surface area contributed by atoms with Crippen LogP contribution in [-0.2, 0) is 0 Å². The highest BCUT2D eigenvalue weighted by Crippen LogP contribution is 2.37. The molecule has 2 aromatic rings. The number of nitrogens with two attached hydrogens (primary N) is 1. The summed E-state index contributed by atoms with van der Waals surface area (Å²) in [5.41, 5.74) is 8.03. The number of rotatable bonds is 4. The van der Waals surface area contributed by atoms with Crippen LogP contribution in [0.25, 0.3) is 10.9 Å². The molecule has 2 heteroatoms. The molecule has 106 valence electrons. The van der Waals surface area contributed by atoms with Crippen molar-refractivity contribution in [1.29, 1.82) is 0 Å². The molecule has 1 saturated carbocycles. The topological polar surface area (TPSA) is 38.9 Å². The highest BCUT2D eigenvalue weighted by atomic mass is 14.7. The van der Waals surface area contributed by atoms with Crippen LogP contribution in [0.2, 0.25) is 0 Å². The first-order chi connectivity index (χ1) is 9.86. The molecule has 2 nitrogen and oxygen atoms in total. The van der Waals surface area contributed by atoms with Gasteiger partial charge < -0.3 is 5.73 Å².